The van der Waals surface area contributed by atoms with Crippen LogP contribution < -0.4 is 5.73 Å². The third-order valence-electron chi connectivity index (χ3n) is 4.90. The summed E-state index contributed by atoms with van der Waals surface area (Å²) in [5, 5.41) is 0. The Morgan fingerprint density at radius 1 is 1.27 bits per heavy atom. The van der Waals surface area contributed by atoms with Gasteiger partial charge in [-0.15, -0.1) is 0 Å². The largest absolute Gasteiger partial charge is 0.340 e. The lowest BCUT2D eigenvalue weighted by Crippen LogP contribution is -2.48. The maximum atomic E-state index is 12.8. The lowest BCUT2D eigenvalue weighted by molar-refractivity contribution is -0.144. The molecule has 2 atom stereocenters. The molecule has 2 amide bonds. The number of amides is 2. The van der Waals surface area contributed by atoms with Crippen molar-refractivity contribution in [1.29, 1.82) is 0 Å². The molecule has 5 nitrogen and oxygen atoms in total. The Kier molecular flexibility index (Phi) is 4.85. The van der Waals surface area contributed by atoms with Crippen LogP contribution in [0.1, 0.15) is 53.4 Å². The Hall–Kier alpha value is -1.10. The maximum absolute atomic E-state index is 12.8. The van der Waals surface area contributed by atoms with Crippen LogP contribution in [0.25, 0.3) is 0 Å². The average Bonchev–Trinajstić information content (AvgIpc) is 3.03. The van der Waals surface area contributed by atoms with E-state index >= 15 is 0 Å². The first-order chi connectivity index (χ1) is 10.2. The molecule has 2 aliphatic heterocycles. The summed E-state index contributed by atoms with van der Waals surface area (Å²) in [4.78, 5) is 29.1. The topological polar surface area (TPSA) is 66.6 Å². The van der Waals surface area contributed by atoms with Crippen molar-refractivity contribution in [3.63, 3.8) is 0 Å². The van der Waals surface area contributed by atoms with Crippen LogP contribution in [0.5, 0.6) is 0 Å². The van der Waals surface area contributed by atoms with Gasteiger partial charge in [-0.25, -0.2) is 0 Å². The fraction of sp³-hybridized carbons (Fsp3) is 0.882. The number of carbonyl (C=O) groups is 2. The summed E-state index contributed by atoms with van der Waals surface area (Å²) in [7, 11) is 0. The molecule has 22 heavy (non-hydrogen) atoms. The summed E-state index contributed by atoms with van der Waals surface area (Å²) in [5.41, 5.74) is 5.82. The van der Waals surface area contributed by atoms with Gasteiger partial charge in [0, 0.05) is 26.1 Å². The number of carbonyl (C=O) groups excluding carboxylic acids is 2. The van der Waals surface area contributed by atoms with Gasteiger partial charge in [0.2, 0.25) is 11.8 Å². The number of nitrogens with two attached hydrogens (primary N) is 1. The quantitative estimate of drug-likeness (QED) is 0.861. The van der Waals surface area contributed by atoms with Gasteiger partial charge in [0.15, 0.2) is 0 Å². The Morgan fingerprint density at radius 3 is 2.50 bits per heavy atom. The summed E-state index contributed by atoms with van der Waals surface area (Å²) >= 11 is 0. The van der Waals surface area contributed by atoms with E-state index in [4.69, 9.17) is 5.73 Å². The Bertz CT molecular complexity index is 444. The van der Waals surface area contributed by atoms with Crippen LogP contribution in [0.15, 0.2) is 0 Å². The highest BCUT2D eigenvalue weighted by atomic mass is 16.2. The zero-order chi connectivity index (χ0) is 16.5. The molecule has 2 heterocycles. The van der Waals surface area contributed by atoms with Crippen LogP contribution in [0.4, 0.5) is 0 Å². The van der Waals surface area contributed by atoms with Crippen molar-refractivity contribution in [2.75, 3.05) is 26.2 Å². The molecule has 0 aromatic heterocycles. The highest BCUT2D eigenvalue weighted by Gasteiger charge is 2.41. The molecular formula is C17H31N3O2. The van der Waals surface area contributed by atoms with E-state index in [1.807, 2.05) is 9.80 Å². The molecule has 0 bridgehead atoms. The van der Waals surface area contributed by atoms with Crippen LogP contribution in [-0.4, -0.2) is 53.8 Å². The molecule has 126 valence electrons. The predicted octanol–water partition coefficient (Wildman–Crippen LogP) is 1.61. The van der Waals surface area contributed by atoms with Crippen molar-refractivity contribution in [1.82, 2.24) is 9.80 Å². The van der Waals surface area contributed by atoms with Crippen LogP contribution in [0.3, 0.4) is 0 Å². The molecule has 0 spiro atoms. The third kappa shape index (κ3) is 3.80. The van der Waals surface area contributed by atoms with E-state index in [2.05, 4.69) is 27.7 Å². The maximum Gasteiger partial charge on any atom is 0.245 e. The van der Waals surface area contributed by atoms with Gasteiger partial charge in [-0.05, 0) is 36.6 Å². The van der Waals surface area contributed by atoms with Gasteiger partial charge in [0.1, 0.15) is 6.04 Å². The van der Waals surface area contributed by atoms with E-state index in [0.717, 1.165) is 32.4 Å². The summed E-state index contributed by atoms with van der Waals surface area (Å²) in [5.74, 6) is 0.237. The number of hydrogen-bond donors (Lipinski definition) is 1. The summed E-state index contributed by atoms with van der Waals surface area (Å²) in [6.45, 7) is 11.1. The first-order valence-electron chi connectivity index (χ1n) is 8.44. The fourth-order valence-electron chi connectivity index (χ4n) is 3.47. The molecule has 2 saturated heterocycles. The Labute approximate surface area is 134 Å². The molecule has 0 aliphatic carbocycles. The van der Waals surface area contributed by atoms with Crippen molar-refractivity contribution in [2.45, 2.75) is 59.4 Å². The second kappa shape index (κ2) is 6.19. The zero-order valence-electron chi connectivity index (χ0n) is 14.5. The van der Waals surface area contributed by atoms with Crippen LogP contribution in [-0.2, 0) is 9.59 Å². The fourth-order valence-corrected chi connectivity index (χ4v) is 3.47. The lowest BCUT2D eigenvalue weighted by Gasteiger charge is -2.31. The van der Waals surface area contributed by atoms with Gasteiger partial charge >= 0.3 is 0 Å². The van der Waals surface area contributed by atoms with Crippen molar-refractivity contribution in [3.8, 4) is 0 Å². The highest BCUT2D eigenvalue weighted by molar-refractivity contribution is 5.88. The van der Waals surface area contributed by atoms with Gasteiger partial charge < -0.3 is 15.5 Å². The van der Waals surface area contributed by atoms with Crippen LogP contribution in [0.2, 0.25) is 0 Å². The molecular weight excluding hydrogens is 278 g/mol. The zero-order valence-corrected chi connectivity index (χ0v) is 14.5. The second-order valence-electron chi connectivity index (χ2n) is 8.51. The SMILES string of the molecule is CC(C)(C)CC(=O)N1CCCC1C(=O)N1CCC(C)(CN)C1. The average molecular weight is 309 g/mol. The number of rotatable bonds is 3. The first kappa shape index (κ1) is 17.3. The minimum absolute atomic E-state index is 0.0362. The lowest BCUT2D eigenvalue weighted by atomic mass is 9.90. The molecule has 0 aromatic rings. The van der Waals surface area contributed by atoms with Crippen molar-refractivity contribution in [3.05, 3.63) is 0 Å². The van der Waals surface area contributed by atoms with Gasteiger partial charge in [0.05, 0.1) is 0 Å². The highest BCUT2D eigenvalue weighted by Crippen LogP contribution is 2.31. The van der Waals surface area contributed by atoms with E-state index < -0.39 is 0 Å². The first-order valence-corrected chi connectivity index (χ1v) is 8.44. The molecule has 0 aromatic carbocycles. The summed E-state index contributed by atoms with van der Waals surface area (Å²) in [6.07, 6.45) is 3.17. The Morgan fingerprint density at radius 2 is 1.95 bits per heavy atom. The summed E-state index contributed by atoms with van der Waals surface area (Å²) < 4.78 is 0. The standard InChI is InChI=1S/C17H31N3O2/c1-16(2,3)10-14(21)20-8-5-6-13(20)15(22)19-9-7-17(4,11-18)12-19/h13H,5-12,18H2,1-4H3. The third-order valence-corrected chi connectivity index (χ3v) is 4.90. The minimum Gasteiger partial charge on any atom is -0.340 e. The monoisotopic (exact) mass is 309 g/mol. The molecule has 2 unspecified atom stereocenters. The summed E-state index contributed by atoms with van der Waals surface area (Å²) in [6, 6.07) is -0.255. The van der Waals surface area contributed by atoms with Gasteiger partial charge in [-0.2, -0.15) is 0 Å². The number of hydrogen-bond acceptors (Lipinski definition) is 3. The van der Waals surface area contributed by atoms with E-state index in [1.165, 1.54) is 0 Å². The van der Waals surface area contributed by atoms with E-state index in [-0.39, 0.29) is 28.7 Å². The number of likely N-dealkylation sites (tertiary alicyclic amines) is 2. The minimum atomic E-state index is -0.255. The molecule has 2 aliphatic rings. The number of nitrogens with zero attached hydrogens (tertiary/aromatic N) is 2. The van der Waals surface area contributed by atoms with Gasteiger partial charge in [-0.3, -0.25) is 9.59 Å². The van der Waals surface area contributed by atoms with Crippen molar-refractivity contribution >= 4 is 11.8 Å². The second-order valence-corrected chi connectivity index (χ2v) is 8.51. The molecule has 2 fully saturated rings. The molecule has 0 radical (unpaired) electrons. The van der Waals surface area contributed by atoms with E-state index in [9.17, 15) is 9.59 Å². The van der Waals surface area contributed by atoms with Crippen molar-refractivity contribution in [2.24, 2.45) is 16.6 Å². The van der Waals surface area contributed by atoms with Crippen molar-refractivity contribution < 1.29 is 9.59 Å². The van der Waals surface area contributed by atoms with Crippen LogP contribution in [0, 0.1) is 10.8 Å². The van der Waals surface area contributed by atoms with Gasteiger partial charge in [-0.1, -0.05) is 27.7 Å². The normalized spacial score (nSPS) is 29.2. The van der Waals surface area contributed by atoms with Gasteiger partial charge in [0.25, 0.3) is 0 Å². The molecule has 5 heteroatoms. The molecule has 0 saturated carbocycles. The predicted molar refractivity (Wildman–Crippen MR) is 87.2 cm³/mol. The van der Waals surface area contributed by atoms with E-state index in [1.54, 1.807) is 0 Å². The Balaban J connectivity index is 2.01. The smallest absolute Gasteiger partial charge is 0.245 e. The van der Waals surface area contributed by atoms with Crippen LogP contribution >= 0.6 is 0 Å². The molecule has 2 N–H and O–H groups in total. The van der Waals surface area contributed by atoms with E-state index in [0.29, 0.717) is 19.5 Å². The molecule has 2 rings (SSSR count).